The third-order valence-electron chi connectivity index (χ3n) is 4.03. The van der Waals surface area contributed by atoms with Crippen molar-refractivity contribution in [1.29, 1.82) is 0 Å². The fraction of sp³-hybridized carbons (Fsp3) is 0.786. The molecule has 0 aliphatic heterocycles. The first kappa shape index (κ1) is 16.9. The minimum Gasteiger partial charge on any atom is -0.480 e. The van der Waals surface area contributed by atoms with Crippen LogP contribution < -0.4 is 0 Å². The van der Waals surface area contributed by atoms with E-state index in [1.165, 1.54) is 6.42 Å². The predicted octanol–water partition coefficient (Wildman–Crippen LogP) is 2.29. The van der Waals surface area contributed by atoms with Crippen molar-refractivity contribution in [3.05, 3.63) is 11.7 Å². The number of carboxylic acid groups (broad SMARTS) is 1. The topological polar surface area (TPSA) is 110 Å². The highest BCUT2D eigenvalue weighted by Gasteiger charge is 2.33. The summed E-state index contributed by atoms with van der Waals surface area (Å²) in [5, 5.41) is 11.4. The molecular weight excluding hydrogens is 308 g/mol. The van der Waals surface area contributed by atoms with Crippen LogP contribution in [0.3, 0.4) is 0 Å². The number of aromatic nitrogens is 2. The average molecular weight is 330 g/mol. The number of sulfone groups is 1. The second kappa shape index (κ2) is 7.21. The van der Waals surface area contributed by atoms with Crippen LogP contribution in [0.15, 0.2) is 4.52 Å². The lowest BCUT2D eigenvalue weighted by molar-refractivity contribution is -0.136. The summed E-state index contributed by atoms with van der Waals surface area (Å²) >= 11 is 0. The van der Waals surface area contributed by atoms with E-state index in [0.29, 0.717) is 12.3 Å². The number of carboxylic acids is 1. The van der Waals surface area contributed by atoms with Gasteiger partial charge in [-0.25, -0.2) is 8.42 Å². The van der Waals surface area contributed by atoms with Crippen molar-refractivity contribution in [2.75, 3.05) is 0 Å². The molecule has 1 aliphatic carbocycles. The zero-order valence-corrected chi connectivity index (χ0v) is 13.5. The Balaban J connectivity index is 2.09. The fourth-order valence-electron chi connectivity index (χ4n) is 2.84. The van der Waals surface area contributed by atoms with Crippen molar-refractivity contribution in [3.8, 4) is 0 Å². The molecule has 1 aliphatic rings. The minimum absolute atomic E-state index is 0.0583. The SMILES string of the molecule is CCC[C@H](C(=O)O)S(=O)(=O)Cc1noc(C2CCCCC2)n1. The second-order valence-corrected chi connectivity index (χ2v) is 7.99. The minimum atomic E-state index is -3.84. The van der Waals surface area contributed by atoms with Gasteiger partial charge in [-0.15, -0.1) is 0 Å². The summed E-state index contributed by atoms with van der Waals surface area (Å²) in [4.78, 5) is 15.3. The summed E-state index contributed by atoms with van der Waals surface area (Å²) in [7, 11) is -3.84. The highest BCUT2D eigenvalue weighted by atomic mass is 32.2. The van der Waals surface area contributed by atoms with Crippen LogP contribution in [-0.4, -0.2) is 34.9 Å². The molecule has 0 spiro atoms. The molecule has 1 heterocycles. The standard InChI is InChI=1S/C14H22N2O5S/c1-2-6-11(14(17)18)22(19,20)9-12-15-13(21-16-12)10-7-4-3-5-8-10/h10-11H,2-9H2,1H3,(H,17,18)/t11-/m1/s1. The van der Waals surface area contributed by atoms with E-state index in [4.69, 9.17) is 9.63 Å². The first-order valence-corrected chi connectivity index (χ1v) is 9.42. The van der Waals surface area contributed by atoms with E-state index in [9.17, 15) is 13.2 Å². The van der Waals surface area contributed by atoms with Gasteiger partial charge in [0.05, 0.1) is 0 Å². The van der Waals surface area contributed by atoms with Crippen LogP contribution in [0.4, 0.5) is 0 Å². The number of aliphatic carboxylic acids is 1. The molecule has 7 nitrogen and oxygen atoms in total. The largest absolute Gasteiger partial charge is 0.480 e. The maximum atomic E-state index is 12.2. The lowest BCUT2D eigenvalue weighted by Crippen LogP contribution is -2.31. The van der Waals surface area contributed by atoms with E-state index in [1.54, 1.807) is 6.92 Å². The Morgan fingerprint density at radius 3 is 2.64 bits per heavy atom. The van der Waals surface area contributed by atoms with Crippen molar-refractivity contribution < 1.29 is 22.8 Å². The fourth-order valence-corrected chi connectivity index (χ4v) is 4.42. The van der Waals surface area contributed by atoms with E-state index in [-0.39, 0.29) is 18.2 Å². The molecule has 0 aromatic carbocycles. The normalized spacial score (nSPS) is 18.2. The highest BCUT2D eigenvalue weighted by molar-refractivity contribution is 7.92. The van der Waals surface area contributed by atoms with E-state index in [2.05, 4.69) is 10.1 Å². The smallest absolute Gasteiger partial charge is 0.321 e. The van der Waals surface area contributed by atoms with Gasteiger partial charge in [0.1, 0.15) is 5.75 Å². The number of rotatable bonds is 7. The van der Waals surface area contributed by atoms with Crippen LogP contribution in [-0.2, 0) is 20.4 Å². The Kier molecular flexibility index (Phi) is 5.55. The van der Waals surface area contributed by atoms with Crippen molar-refractivity contribution in [3.63, 3.8) is 0 Å². The number of nitrogens with zero attached hydrogens (tertiary/aromatic N) is 2. The van der Waals surface area contributed by atoms with Gasteiger partial charge in [-0.2, -0.15) is 4.98 Å². The van der Waals surface area contributed by atoms with E-state index < -0.39 is 26.8 Å². The Labute approximate surface area is 130 Å². The van der Waals surface area contributed by atoms with Crippen molar-refractivity contribution >= 4 is 15.8 Å². The number of carbonyl (C=O) groups is 1. The molecule has 1 N–H and O–H groups in total. The second-order valence-electron chi connectivity index (χ2n) is 5.81. The average Bonchev–Trinajstić information content (AvgIpc) is 2.93. The third-order valence-corrected chi connectivity index (χ3v) is 5.99. The van der Waals surface area contributed by atoms with E-state index in [0.717, 1.165) is 25.7 Å². The van der Waals surface area contributed by atoms with Crippen LogP contribution in [0.2, 0.25) is 0 Å². The molecule has 1 atom stereocenters. The molecule has 1 aromatic rings. The first-order valence-electron chi connectivity index (χ1n) is 7.71. The summed E-state index contributed by atoms with van der Waals surface area (Å²) in [6, 6.07) is 0. The van der Waals surface area contributed by atoms with Crippen molar-refractivity contribution in [1.82, 2.24) is 10.1 Å². The van der Waals surface area contributed by atoms with Crippen LogP contribution in [0.5, 0.6) is 0 Å². The third kappa shape index (κ3) is 4.06. The van der Waals surface area contributed by atoms with Gasteiger partial charge in [0, 0.05) is 5.92 Å². The monoisotopic (exact) mass is 330 g/mol. The predicted molar refractivity (Wildman–Crippen MR) is 79.1 cm³/mol. The van der Waals surface area contributed by atoms with Gasteiger partial charge in [-0.05, 0) is 19.3 Å². The molecule has 0 radical (unpaired) electrons. The lowest BCUT2D eigenvalue weighted by atomic mass is 9.89. The Morgan fingerprint density at radius 1 is 1.36 bits per heavy atom. The van der Waals surface area contributed by atoms with E-state index in [1.807, 2.05) is 0 Å². The van der Waals surface area contributed by atoms with E-state index >= 15 is 0 Å². The number of hydrogen-bond donors (Lipinski definition) is 1. The molecule has 0 saturated heterocycles. The molecule has 124 valence electrons. The van der Waals surface area contributed by atoms with Crippen LogP contribution in [0.1, 0.15) is 69.5 Å². The Morgan fingerprint density at radius 2 is 2.05 bits per heavy atom. The van der Waals surface area contributed by atoms with Crippen LogP contribution in [0.25, 0.3) is 0 Å². The lowest BCUT2D eigenvalue weighted by Gasteiger charge is -2.17. The van der Waals surface area contributed by atoms with Gasteiger partial charge in [0.2, 0.25) is 5.89 Å². The zero-order valence-electron chi connectivity index (χ0n) is 12.7. The van der Waals surface area contributed by atoms with Crippen molar-refractivity contribution in [2.24, 2.45) is 0 Å². The molecule has 0 bridgehead atoms. The summed E-state index contributed by atoms with van der Waals surface area (Å²) in [5.41, 5.74) is 0. The summed E-state index contributed by atoms with van der Waals surface area (Å²) in [6.45, 7) is 1.75. The molecule has 2 rings (SSSR count). The van der Waals surface area contributed by atoms with Crippen LogP contribution >= 0.6 is 0 Å². The van der Waals surface area contributed by atoms with Gasteiger partial charge in [0.15, 0.2) is 20.9 Å². The number of hydrogen-bond acceptors (Lipinski definition) is 6. The molecule has 22 heavy (non-hydrogen) atoms. The first-order chi connectivity index (χ1) is 10.4. The summed E-state index contributed by atoms with van der Waals surface area (Å²) in [6.07, 6.45) is 5.93. The molecule has 0 amide bonds. The van der Waals surface area contributed by atoms with Gasteiger partial charge >= 0.3 is 5.97 Å². The van der Waals surface area contributed by atoms with Gasteiger partial charge < -0.3 is 9.63 Å². The molecule has 1 aromatic heterocycles. The molecule has 8 heteroatoms. The molecule has 0 unspecified atom stereocenters. The quantitative estimate of drug-likeness (QED) is 0.816. The zero-order chi connectivity index (χ0) is 16.2. The Hall–Kier alpha value is -1.44. The maximum Gasteiger partial charge on any atom is 0.321 e. The van der Waals surface area contributed by atoms with Crippen LogP contribution in [0, 0.1) is 0 Å². The Bertz CT molecular complexity index is 605. The molecule has 1 saturated carbocycles. The van der Waals surface area contributed by atoms with Gasteiger partial charge in [-0.3, -0.25) is 4.79 Å². The molecule has 1 fully saturated rings. The van der Waals surface area contributed by atoms with Gasteiger partial charge in [0.25, 0.3) is 0 Å². The maximum absolute atomic E-state index is 12.2. The molecular formula is C14H22N2O5S. The van der Waals surface area contributed by atoms with Gasteiger partial charge in [-0.1, -0.05) is 37.8 Å². The summed E-state index contributed by atoms with van der Waals surface area (Å²) < 4.78 is 29.6. The summed E-state index contributed by atoms with van der Waals surface area (Å²) in [5.74, 6) is -1.07. The highest BCUT2D eigenvalue weighted by Crippen LogP contribution is 2.31. The van der Waals surface area contributed by atoms with Crippen molar-refractivity contribution in [2.45, 2.75) is 68.8 Å².